The van der Waals surface area contributed by atoms with E-state index in [-0.39, 0.29) is 12.5 Å². The van der Waals surface area contributed by atoms with Crippen molar-refractivity contribution in [3.05, 3.63) is 89.5 Å². The zero-order valence-electron chi connectivity index (χ0n) is 15.6. The standard InChI is InChI=1S/C23H23NO3/c1-17-8-11-22(14-18(17)2)27-16-23(25)24-20-9-12-21(13-10-20)26-15-19-6-4-3-5-7-19/h3-14H,15-16H2,1-2H3,(H,24,25). The molecule has 0 aliphatic rings. The summed E-state index contributed by atoms with van der Waals surface area (Å²) in [6, 6.07) is 23.1. The van der Waals surface area contributed by atoms with Gasteiger partial charge < -0.3 is 14.8 Å². The van der Waals surface area contributed by atoms with Gasteiger partial charge in [0, 0.05) is 5.69 Å². The molecule has 3 aromatic carbocycles. The predicted molar refractivity (Wildman–Crippen MR) is 107 cm³/mol. The predicted octanol–water partition coefficient (Wildman–Crippen LogP) is 4.90. The number of nitrogens with one attached hydrogen (secondary N) is 1. The van der Waals surface area contributed by atoms with E-state index in [1.54, 1.807) is 0 Å². The second-order valence-corrected chi connectivity index (χ2v) is 6.38. The lowest BCUT2D eigenvalue weighted by molar-refractivity contribution is -0.118. The Morgan fingerprint density at radius 2 is 1.52 bits per heavy atom. The summed E-state index contributed by atoms with van der Waals surface area (Å²) in [5.74, 6) is 1.24. The normalized spacial score (nSPS) is 10.3. The van der Waals surface area contributed by atoms with Crippen LogP contribution in [0, 0.1) is 13.8 Å². The van der Waals surface area contributed by atoms with Gasteiger partial charge >= 0.3 is 0 Å². The molecule has 0 saturated heterocycles. The molecule has 0 unspecified atom stereocenters. The van der Waals surface area contributed by atoms with E-state index in [0.717, 1.165) is 16.9 Å². The van der Waals surface area contributed by atoms with Crippen LogP contribution in [0.2, 0.25) is 0 Å². The molecule has 1 amide bonds. The van der Waals surface area contributed by atoms with E-state index in [1.807, 2.05) is 86.6 Å². The van der Waals surface area contributed by atoms with Crippen molar-refractivity contribution in [3.8, 4) is 11.5 Å². The molecule has 0 aliphatic heterocycles. The van der Waals surface area contributed by atoms with Gasteiger partial charge in [0.2, 0.25) is 0 Å². The van der Waals surface area contributed by atoms with Crippen LogP contribution in [-0.2, 0) is 11.4 Å². The van der Waals surface area contributed by atoms with Crippen molar-refractivity contribution in [1.29, 1.82) is 0 Å². The number of hydrogen-bond donors (Lipinski definition) is 1. The Labute approximate surface area is 159 Å². The highest BCUT2D eigenvalue weighted by atomic mass is 16.5. The summed E-state index contributed by atoms with van der Waals surface area (Å²) >= 11 is 0. The first-order valence-corrected chi connectivity index (χ1v) is 8.87. The summed E-state index contributed by atoms with van der Waals surface area (Å²) in [5, 5.41) is 2.82. The van der Waals surface area contributed by atoms with Gasteiger partial charge in [-0.25, -0.2) is 0 Å². The second-order valence-electron chi connectivity index (χ2n) is 6.38. The van der Waals surface area contributed by atoms with Crippen LogP contribution >= 0.6 is 0 Å². The van der Waals surface area contributed by atoms with E-state index in [2.05, 4.69) is 5.32 Å². The van der Waals surface area contributed by atoms with Crippen molar-refractivity contribution in [2.75, 3.05) is 11.9 Å². The van der Waals surface area contributed by atoms with Crippen LogP contribution in [0.4, 0.5) is 5.69 Å². The van der Waals surface area contributed by atoms with E-state index in [1.165, 1.54) is 5.56 Å². The smallest absolute Gasteiger partial charge is 0.262 e. The molecule has 27 heavy (non-hydrogen) atoms. The van der Waals surface area contributed by atoms with Gasteiger partial charge in [-0.05, 0) is 66.9 Å². The van der Waals surface area contributed by atoms with Crippen molar-refractivity contribution in [2.24, 2.45) is 0 Å². The maximum atomic E-state index is 12.1. The Morgan fingerprint density at radius 3 is 2.22 bits per heavy atom. The Bertz CT molecular complexity index is 889. The Kier molecular flexibility index (Phi) is 6.10. The van der Waals surface area contributed by atoms with Gasteiger partial charge in [0.25, 0.3) is 5.91 Å². The number of carbonyl (C=O) groups is 1. The third-order valence-corrected chi connectivity index (χ3v) is 4.23. The SMILES string of the molecule is Cc1ccc(OCC(=O)Nc2ccc(OCc3ccccc3)cc2)cc1C. The number of ether oxygens (including phenoxy) is 2. The van der Waals surface area contributed by atoms with Crippen LogP contribution in [0.25, 0.3) is 0 Å². The summed E-state index contributed by atoms with van der Waals surface area (Å²) in [6.45, 7) is 4.54. The molecule has 138 valence electrons. The van der Waals surface area contributed by atoms with E-state index in [0.29, 0.717) is 18.0 Å². The lowest BCUT2D eigenvalue weighted by atomic mass is 10.1. The third kappa shape index (κ3) is 5.61. The highest BCUT2D eigenvalue weighted by molar-refractivity contribution is 5.91. The minimum atomic E-state index is -0.203. The average Bonchev–Trinajstić information content (AvgIpc) is 2.69. The number of hydrogen-bond acceptors (Lipinski definition) is 3. The maximum absolute atomic E-state index is 12.1. The van der Waals surface area contributed by atoms with Gasteiger partial charge in [0.1, 0.15) is 18.1 Å². The molecule has 0 bridgehead atoms. The number of amides is 1. The van der Waals surface area contributed by atoms with Crippen molar-refractivity contribution in [3.63, 3.8) is 0 Å². The van der Waals surface area contributed by atoms with Crippen molar-refractivity contribution in [1.82, 2.24) is 0 Å². The first-order valence-electron chi connectivity index (χ1n) is 8.87. The van der Waals surface area contributed by atoms with Gasteiger partial charge in [-0.2, -0.15) is 0 Å². The summed E-state index contributed by atoms with van der Waals surface area (Å²) in [5.41, 5.74) is 4.15. The van der Waals surface area contributed by atoms with Crippen LogP contribution in [0.15, 0.2) is 72.8 Å². The summed E-state index contributed by atoms with van der Waals surface area (Å²) in [6.07, 6.45) is 0. The minimum absolute atomic E-state index is 0.0330. The van der Waals surface area contributed by atoms with Crippen LogP contribution in [0.3, 0.4) is 0 Å². The lowest BCUT2D eigenvalue weighted by Gasteiger charge is -2.10. The molecule has 0 spiro atoms. The van der Waals surface area contributed by atoms with Gasteiger partial charge in [-0.1, -0.05) is 36.4 Å². The fourth-order valence-corrected chi connectivity index (χ4v) is 2.53. The van der Waals surface area contributed by atoms with Crippen molar-refractivity contribution >= 4 is 11.6 Å². The average molecular weight is 361 g/mol. The molecule has 0 heterocycles. The van der Waals surface area contributed by atoms with E-state index in [9.17, 15) is 4.79 Å². The fourth-order valence-electron chi connectivity index (χ4n) is 2.53. The quantitative estimate of drug-likeness (QED) is 0.651. The van der Waals surface area contributed by atoms with Crippen molar-refractivity contribution < 1.29 is 14.3 Å². The van der Waals surface area contributed by atoms with E-state index in [4.69, 9.17) is 9.47 Å². The first-order chi connectivity index (χ1) is 13.1. The number of carbonyl (C=O) groups excluding carboxylic acids is 1. The summed E-state index contributed by atoms with van der Waals surface area (Å²) < 4.78 is 11.3. The molecule has 0 fully saturated rings. The molecule has 0 saturated carbocycles. The zero-order chi connectivity index (χ0) is 19.1. The second kappa shape index (κ2) is 8.90. The minimum Gasteiger partial charge on any atom is -0.489 e. The van der Waals surface area contributed by atoms with Crippen LogP contribution < -0.4 is 14.8 Å². The van der Waals surface area contributed by atoms with Crippen LogP contribution in [0.1, 0.15) is 16.7 Å². The maximum Gasteiger partial charge on any atom is 0.262 e. The molecular weight excluding hydrogens is 338 g/mol. The van der Waals surface area contributed by atoms with Crippen molar-refractivity contribution in [2.45, 2.75) is 20.5 Å². The Balaban J connectivity index is 1.47. The lowest BCUT2D eigenvalue weighted by Crippen LogP contribution is -2.20. The molecule has 0 aromatic heterocycles. The molecule has 1 N–H and O–H groups in total. The number of rotatable bonds is 7. The largest absolute Gasteiger partial charge is 0.489 e. The molecular formula is C23H23NO3. The summed E-state index contributed by atoms with van der Waals surface area (Å²) in [4.78, 5) is 12.1. The number of benzene rings is 3. The Hall–Kier alpha value is -3.27. The highest BCUT2D eigenvalue weighted by Crippen LogP contribution is 2.18. The molecule has 0 radical (unpaired) electrons. The summed E-state index contributed by atoms with van der Waals surface area (Å²) in [7, 11) is 0. The molecule has 4 heteroatoms. The van der Waals surface area contributed by atoms with Gasteiger partial charge in [0.05, 0.1) is 0 Å². The van der Waals surface area contributed by atoms with Gasteiger partial charge in [-0.15, -0.1) is 0 Å². The Morgan fingerprint density at radius 1 is 0.815 bits per heavy atom. The topological polar surface area (TPSA) is 47.6 Å². The van der Waals surface area contributed by atoms with Gasteiger partial charge in [0.15, 0.2) is 6.61 Å². The highest BCUT2D eigenvalue weighted by Gasteiger charge is 2.05. The number of aryl methyl sites for hydroxylation is 2. The van der Waals surface area contributed by atoms with Crippen LogP contribution in [0.5, 0.6) is 11.5 Å². The molecule has 0 atom stereocenters. The van der Waals surface area contributed by atoms with Crippen LogP contribution in [-0.4, -0.2) is 12.5 Å². The zero-order valence-corrected chi connectivity index (χ0v) is 15.6. The molecule has 3 aromatic rings. The monoisotopic (exact) mass is 361 g/mol. The van der Waals surface area contributed by atoms with E-state index >= 15 is 0 Å². The molecule has 0 aliphatic carbocycles. The molecule has 4 nitrogen and oxygen atoms in total. The fraction of sp³-hybridized carbons (Fsp3) is 0.174. The van der Waals surface area contributed by atoms with E-state index < -0.39 is 0 Å². The third-order valence-electron chi connectivity index (χ3n) is 4.23. The molecule has 3 rings (SSSR count). The van der Waals surface area contributed by atoms with Gasteiger partial charge in [-0.3, -0.25) is 4.79 Å². The first kappa shape index (κ1) is 18.5. The number of anilines is 1.